The zero-order valence-corrected chi connectivity index (χ0v) is 23.8. The average Bonchev–Trinajstić information content (AvgIpc) is 2.89. The number of amidine groups is 2. The Morgan fingerprint density at radius 3 is 2.56 bits per heavy atom. The first-order valence-electron chi connectivity index (χ1n) is 13.2. The van der Waals surface area contributed by atoms with Crippen LogP contribution in [0, 0.1) is 18.3 Å². The van der Waals surface area contributed by atoms with Gasteiger partial charge in [-0.1, -0.05) is 63.3 Å². The molecule has 0 saturated carbocycles. The molecule has 0 heterocycles. The second-order valence-corrected chi connectivity index (χ2v) is 10.9. The number of aromatic hydroxyl groups is 1. The highest BCUT2D eigenvalue weighted by Gasteiger charge is 2.27. The third-order valence-electron chi connectivity index (χ3n) is 6.59. The quantitative estimate of drug-likeness (QED) is 0.309. The van der Waals surface area contributed by atoms with Gasteiger partial charge in [-0.25, -0.2) is 4.99 Å². The van der Waals surface area contributed by atoms with Crippen LogP contribution in [-0.4, -0.2) is 47.8 Å². The zero-order chi connectivity index (χ0) is 28.7. The number of phenolic OH excluding ortho intramolecular Hbond substituents is 1. The van der Waals surface area contributed by atoms with Crippen LogP contribution in [0.4, 0.5) is 5.69 Å². The van der Waals surface area contributed by atoms with E-state index in [1.54, 1.807) is 30.1 Å². The number of benzene rings is 2. The van der Waals surface area contributed by atoms with Crippen LogP contribution >= 0.6 is 0 Å². The first-order valence-corrected chi connectivity index (χ1v) is 13.2. The molecule has 1 aliphatic rings. The van der Waals surface area contributed by atoms with Crippen LogP contribution in [0.15, 0.2) is 70.7 Å². The lowest BCUT2D eigenvalue weighted by atomic mass is 9.82. The molecule has 0 radical (unpaired) electrons. The summed E-state index contributed by atoms with van der Waals surface area (Å²) < 4.78 is 5.78. The molecule has 39 heavy (non-hydrogen) atoms. The molecule has 1 unspecified atom stereocenters. The summed E-state index contributed by atoms with van der Waals surface area (Å²) in [6.45, 7) is 11.2. The summed E-state index contributed by atoms with van der Waals surface area (Å²) in [6.07, 6.45) is 8.99. The van der Waals surface area contributed by atoms with Crippen LogP contribution in [0.1, 0.15) is 61.6 Å². The topological polar surface area (TPSA) is 127 Å². The fraction of sp³-hybridized carbons (Fsp3) is 0.387. The van der Waals surface area contributed by atoms with Gasteiger partial charge in [-0.05, 0) is 60.9 Å². The maximum Gasteiger partial charge on any atom is 0.257 e. The highest BCUT2D eigenvalue weighted by Crippen LogP contribution is 2.38. The molecule has 208 valence electrons. The third kappa shape index (κ3) is 7.50. The minimum atomic E-state index is -0.329. The minimum absolute atomic E-state index is 0.0406. The molecule has 3 rings (SSSR count). The molecule has 0 saturated heterocycles. The highest BCUT2D eigenvalue weighted by atomic mass is 16.5. The van der Waals surface area contributed by atoms with Gasteiger partial charge in [0.25, 0.3) is 5.91 Å². The summed E-state index contributed by atoms with van der Waals surface area (Å²) in [6, 6.07) is 10.5. The van der Waals surface area contributed by atoms with E-state index in [4.69, 9.17) is 21.2 Å². The summed E-state index contributed by atoms with van der Waals surface area (Å²) in [5.41, 5.74) is 14.5. The Morgan fingerprint density at radius 1 is 1.18 bits per heavy atom. The van der Waals surface area contributed by atoms with Crippen LogP contribution in [0.5, 0.6) is 11.5 Å². The molecule has 2 aromatic carbocycles. The van der Waals surface area contributed by atoms with E-state index in [9.17, 15) is 9.90 Å². The third-order valence-corrected chi connectivity index (χ3v) is 6.59. The van der Waals surface area contributed by atoms with Gasteiger partial charge in [0.1, 0.15) is 11.4 Å². The van der Waals surface area contributed by atoms with E-state index in [0.29, 0.717) is 13.2 Å². The molecule has 0 bridgehead atoms. The molecule has 0 spiro atoms. The molecule has 8 heteroatoms. The Kier molecular flexibility index (Phi) is 9.56. The van der Waals surface area contributed by atoms with E-state index in [1.807, 2.05) is 44.2 Å². The molecule has 1 aliphatic carbocycles. The van der Waals surface area contributed by atoms with Gasteiger partial charge >= 0.3 is 0 Å². The lowest BCUT2D eigenvalue weighted by Crippen LogP contribution is -2.33. The number of amides is 1. The van der Waals surface area contributed by atoms with Crippen LogP contribution in [-0.2, 0) is 0 Å². The van der Waals surface area contributed by atoms with E-state index >= 15 is 0 Å². The van der Waals surface area contributed by atoms with E-state index in [2.05, 4.69) is 37.9 Å². The SMILES string of the molecule is CCOc1cc([C@H](N=C(N)C(N)=Nc2cccc(C(=O)N(C)CC3C=CC=CC3)c2O)C(C)(C)C)ccc1C. The van der Waals surface area contributed by atoms with Crippen LogP contribution in [0.3, 0.4) is 0 Å². The number of ether oxygens (including phenoxy) is 1. The Morgan fingerprint density at radius 2 is 1.92 bits per heavy atom. The summed E-state index contributed by atoms with van der Waals surface area (Å²) in [4.78, 5) is 23.8. The molecule has 0 fully saturated rings. The number of carbonyl (C=O) groups is 1. The van der Waals surface area contributed by atoms with Gasteiger partial charge in [-0.15, -0.1) is 0 Å². The monoisotopic (exact) mass is 531 g/mol. The number of nitrogens with zero attached hydrogens (tertiary/aromatic N) is 3. The van der Waals surface area contributed by atoms with Crippen molar-refractivity contribution in [2.24, 2.45) is 32.8 Å². The van der Waals surface area contributed by atoms with E-state index in [1.165, 1.54) is 0 Å². The number of phenols is 1. The Balaban J connectivity index is 1.88. The first kappa shape index (κ1) is 29.5. The highest BCUT2D eigenvalue weighted by molar-refractivity contribution is 6.39. The summed E-state index contributed by atoms with van der Waals surface area (Å²) >= 11 is 0. The number of para-hydroxylation sites is 1. The average molecular weight is 532 g/mol. The fourth-order valence-electron chi connectivity index (χ4n) is 4.46. The van der Waals surface area contributed by atoms with Crippen molar-refractivity contribution < 1.29 is 14.6 Å². The largest absolute Gasteiger partial charge is 0.505 e. The number of aryl methyl sites for hydroxylation is 1. The number of allylic oxidation sites excluding steroid dienone is 3. The lowest BCUT2D eigenvalue weighted by Gasteiger charge is -2.28. The Labute approximate surface area is 231 Å². The normalized spacial score (nSPS) is 16.7. The smallest absolute Gasteiger partial charge is 0.257 e. The Hall–Kier alpha value is -4.07. The number of nitrogens with two attached hydrogens (primary N) is 2. The first-order chi connectivity index (χ1) is 18.4. The van der Waals surface area contributed by atoms with Gasteiger partial charge in [0.2, 0.25) is 0 Å². The maximum atomic E-state index is 13.1. The van der Waals surface area contributed by atoms with E-state index in [-0.39, 0.29) is 52.0 Å². The van der Waals surface area contributed by atoms with Crippen LogP contribution < -0.4 is 16.2 Å². The standard InChI is InChI=1S/C31H41N5O3/c1-7-39-25-18-22(17-16-20(25)2)27(31(3,4)5)35-29(33)28(32)34-24-15-11-14-23(26(24)37)30(38)36(6)19-21-12-9-8-10-13-21/h8-12,14-18,21,27,37H,7,13,19H2,1-6H3,(H2,32,34)(H2,33,35)/t21?,27-/m0/s1. The predicted molar refractivity (Wildman–Crippen MR) is 159 cm³/mol. The molecule has 5 N–H and O–H groups in total. The minimum Gasteiger partial charge on any atom is -0.505 e. The molecule has 2 atom stereocenters. The lowest BCUT2D eigenvalue weighted by molar-refractivity contribution is 0.0778. The fourth-order valence-corrected chi connectivity index (χ4v) is 4.46. The van der Waals surface area contributed by atoms with Crippen LogP contribution in [0.25, 0.3) is 0 Å². The summed E-state index contributed by atoms with van der Waals surface area (Å²) in [5, 5.41) is 10.9. The van der Waals surface area contributed by atoms with Gasteiger partial charge in [0.05, 0.1) is 18.2 Å². The number of carbonyl (C=O) groups excluding carboxylic acids is 1. The van der Waals surface area contributed by atoms with Crippen molar-refractivity contribution in [3.63, 3.8) is 0 Å². The van der Waals surface area contributed by atoms with Crippen molar-refractivity contribution >= 4 is 23.3 Å². The van der Waals surface area contributed by atoms with Crippen LogP contribution in [0.2, 0.25) is 0 Å². The molecule has 2 aromatic rings. The van der Waals surface area contributed by atoms with Gasteiger partial charge in [-0.2, -0.15) is 0 Å². The van der Waals surface area contributed by atoms with Gasteiger partial charge in [0, 0.05) is 13.6 Å². The van der Waals surface area contributed by atoms with Crippen molar-refractivity contribution in [3.8, 4) is 11.5 Å². The predicted octanol–water partition coefficient (Wildman–Crippen LogP) is 5.44. The Bertz CT molecular complexity index is 1300. The molecule has 1 amide bonds. The molecular weight excluding hydrogens is 490 g/mol. The molecule has 8 nitrogen and oxygen atoms in total. The maximum absolute atomic E-state index is 13.1. The van der Waals surface area contributed by atoms with Crippen molar-refractivity contribution in [1.29, 1.82) is 0 Å². The van der Waals surface area contributed by atoms with Crippen molar-refractivity contribution in [1.82, 2.24) is 4.90 Å². The molecule has 0 aliphatic heterocycles. The number of hydrogen-bond acceptors (Lipinski definition) is 5. The number of hydrogen-bond donors (Lipinski definition) is 3. The number of aliphatic imine (C=N–C) groups is 2. The van der Waals surface area contributed by atoms with Gasteiger partial charge < -0.3 is 26.2 Å². The number of rotatable bonds is 8. The van der Waals surface area contributed by atoms with Crippen molar-refractivity contribution in [2.75, 3.05) is 20.2 Å². The van der Waals surface area contributed by atoms with Gasteiger partial charge in [0.15, 0.2) is 17.4 Å². The summed E-state index contributed by atoms with van der Waals surface area (Å²) in [7, 11) is 1.72. The molecular formula is C31H41N5O3. The molecule has 0 aromatic heterocycles. The zero-order valence-electron chi connectivity index (χ0n) is 23.8. The van der Waals surface area contributed by atoms with Crippen molar-refractivity contribution in [3.05, 3.63) is 77.4 Å². The van der Waals surface area contributed by atoms with Crippen molar-refractivity contribution in [2.45, 2.75) is 47.1 Å². The van der Waals surface area contributed by atoms with E-state index < -0.39 is 0 Å². The second-order valence-electron chi connectivity index (χ2n) is 10.9. The summed E-state index contributed by atoms with van der Waals surface area (Å²) in [5.74, 6) is 0.467. The second kappa shape index (κ2) is 12.7. The van der Waals surface area contributed by atoms with E-state index in [0.717, 1.165) is 23.3 Å². The van der Waals surface area contributed by atoms with Gasteiger partial charge in [-0.3, -0.25) is 9.79 Å².